The van der Waals surface area contributed by atoms with Gasteiger partial charge in [0.1, 0.15) is 5.54 Å². The minimum Gasteiger partial charge on any atom is -0.341 e. The van der Waals surface area contributed by atoms with Gasteiger partial charge < -0.3 is 10.2 Å². The number of rotatable bonds is 6. The lowest BCUT2D eigenvalue weighted by molar-refractivity contribution is -0.133. The predicted octanol–water partition coefficient (Wildman–Crippen LogP) is 2.94. The Morgan fingerprint density at radius 3 is 2.73 bits per heavy atom. The number of hydrogen-bond acceptors (Lipinski definition) is 3. The molecule has 6 nitrogen and oxygen atoms in total. The Kier molecular flexibility index (Phi) is 5.51. The molecule has 0 bridgehead atoms. The fraction of sp³-hybridized carbons (Fsp3) is 0.526. The third-order valence-corrected chi connectivity index (χ3v) is 5.44. The average Bonchev–Trinajstić information content (AvgIpc) is 3.15. The SMILES string of the molecule is CN(Cc1cccc(Cl)c1)C(=O)CCCN1C(=O)NC2(CCCC2)C1=O. The maximum absolute atomic E-state index is 12.6. The molecule has 1 spiro atoms. The average molecular weight is 378 g/mol. The summed E-state index contributed by atoms with van der Waals surface area (Å²) in [5.74, 6) is -0.146. The Hall–Kier alpha value is -2.08. The standard InChI is InChI=1S/C19H24ClN3O3/c1-22(13-14-6-4-7-15(20)12-14)16(24)8-5-11-23-17(25)19(21-18(23)26)9-2-3-10-19/h4,6-7,12H,2-3,5,8-11,13H2,1H3,(H,21,26). The molecule has 1 aliphatic carbocycles. The molecular weight excluding hydrogens is 354 g/mol. The Morgan fingerprint density at radius 2 is 2.04 bits per heavy atom. The van der Waals surface area contributed by atoms with E-state index in [-0.39, 0.29) is 24.4 Å². The molecule has 1 heterocycles. The van der Waals surface area contributed by atoms with Crippen molar-refractivity contribution in [2.45, 2.75) is 50.6 Å². The lowest BCUT2D eigenvalue weighted by atomic mass is 9.98. The van der Waals surface area contributed by atoms with Crippen molar-refractivity contribution in [3.63, 3.8) is 0 Å². The second-order valence-electron chi connectivity index (χ2n) is 7.16. The van der Waals surface area contributed by atoms with Gasteiger partial charge in [0.25, 0.3) is 5.91 Å². The number of urea groups is 1. The quantitative estimate of drug-likeness (QED) is 0.775. The molecule has 1 aliphatic heterocycles. The van der Waals surface area contributed by atoms with E-state index in [1.165, 1.54) is 4.90 Å². The van der Waals surface area contributed by atoms with Gasteiger partial charge in [-0.2, -0.15) is 0 Å². The van der Waals surface area contributed by atoms with Crippen molar-refractivity contribution >= 4 is 29.4 Å². The molecule has 0 unspecified atom stereocenters. The van der Waals surface area contributed by atoms with Crippen LogP contribution in [0.15, 0.2) is 24.3 Å². The molecule has 0 atom stereocenters. The van der Waals surface area contributed by atoms with E-state index in [0.29, 0.717) is 24.4 Å². The van der Waals surface area contributed by atoms with E-state index in [4.69, 9.17) is 11.6 Å². The summed E-state index contributed by atoms with van der Waals surface area (Å²) < 4.78 is 0. The van der Waals surface area contributed by atoms with Crippen LogP contribution in [0.3, 0.4) is 0 Å². The van der Waals surface area contributed by atoms with Gasteiger partial charge in [-0.15, -0.1) is 0 Å². The first kappa shape index (κ1) is 18.7. The topological polar surface area (TPSA) is 69.7 Å². The van der Waals surface area contributed by atoms with Crippen LogP contribution in [0.1, 0.15) is 44.1 Å². The molecule has 1 N–H and O–H groups in total. The van der Waals surface area contributed by atoms with Crippen LogP contribution in [0, 0.1) is 0 Å². The largest absolute Gasteiger partial charge is 0.341 e. The van der Waals surface area contributed by atoms with Crippen molar-refractivity contribution in [3.05, 3.63) is 34.9 Å². The molecule has 26 heavy (non-hydrogen) atoms. The second-order valence-corrected chi connectivity index (χ2v) is 7.60. The molecule has 2 aliphatic rings. The molecule has 3 rings (SSSR count). The van der Waals surface area contributed by atoms with Gasteiger partial charge in [0.2, 0.25) is 5.91 Å². The molecule has 7 heteroatoms. The Bertz CT molecular complexity index is 716. The highest BCUT2D eigenvalue weighted by Crippen LogP contribution is 2.35. The smallest absolute Gasteiger partial charge is 0.325 e. The Morgan fingerprint density at radius 1 is 1.31 bits per heavy atom. The summed E-state index contributed by atoms with van der Waals surface area (Å²) >= 11 is 5.96. The third-order valence-electron chi connectivity index (χ3n) is 5.21. The predicted molar refractivity (Wildman–Crippen MR) is 98.6 cm³/mol. The van der Waals surface area contributed by atoms with Crippen molar-refractivity contribution < 1.29 is 14.4 Å². The summed E-state index contributed by atoms with van der Waals surface area (Å²) in [4.78, 5) is 39.9. The van der Waals surface area contributed by atoms with Gasteiger partial charge in [0.05, 0.1) is 0 Å². The van der Waals surface area contributed by atoms with E-state index in [1.807, 2.05) is 18.2 Å². The van der Waals surface area contributed by atoms with Crippen molar-refractivity contribution in [2.75, 3.05) is 13.6 Å². The van der Waals surface area contributed by atoms with E-state index in [0.717, 1.165) is 31.2 Å². The molecular formula is C19H24ClN3O3. The van der Waals surface area contributed by atoms with Crippen LogP contribution in [-0.2, 0) is 16.1 Å². The monoisotopic (exact) mass is 377 g/mol. The van der Waals surface area contributed by atoms with Gasteiger partial charge in [0.15, 0.2) is 0 Å². The number of amides is 4. The number of carbonyl (C=O) groups is 3. The summed E-state index contributed by atoms with van der Waals surface area (Å²) in [6.07, 6.45) is 4.12. The van der Waals surface area contributed by atoms with Crippen LogP contribution in [0.5, 0.6) is 0 Å². The highest BCUT2D eigenvalue weighted by Gasteiger charge is 2.52. The van der Waals surface area contributed by atoms with Crippen LogP contribution in [0.4, 0.5) is 4.79 Å². The fourth-order valence-corrected chi connectivity index (χ4v) is 3.99. The molecule has 1 aromatic carbocycles. The maximum atomic E-state index is 12.6. The van der Waals surface area contributed by atoms with Crippen LogP contribution in [-0.4, -0.2) is 46.8 Å². The number of imide groups is 1. The number of benzene rings is 1. The number of nitrogens with zero attached hydrogens (tertiary/aromatic N) is 2. The van der Waals surface area contributed by atoms with Crippen molar-refractivity contribution in [1.29, 1.82) is 0 Å². The van der Waals surface area contributed by atoms with Crippen LogP contribution < -0.4 is 5.32 Å². The summed E-state index contributed by atoms with van der Waals surface area (Å²) in [5, 5.41) is 3.50. The van der Waals surface area contributed by atoms with Crippen LogP contribution in [0.25, 0.3) is 0 Å². The van der Waals surface area contributed by atoms with Gasteiger partial charge in [-0.25, -0.2) is 4.79 Å². The fourth-order valence-electron chi connectivity index (χ4n) is 3.77. The van der Waals surface area contributed by atoms with E-state index in [9.17, 15) is 14.4 Å². The molecule has 1 saturated heterocycles. The zero-order valence-electron chi connectivity index (χ0n) is 15.0. The number of halogens is 1. The normalized spacial score (nSPS) is 18.5. The molecule has 0 aromatic heterocycles. The van der Waals surface area contributed by atoms with Crippen LogP contribution >= 0.6 is 11.6 Å². The molecule has 4 amide bonds. The van der Waals surface area contributed by atoms with Gasteiger partial charge in [-0.05, 0) is 37.0 Å². The third kappa shape index (κ3) is 3.85. The van der Waals surface area contributed by atoms with Crippen molar-refractivity contribution in [3.8, 4) is 0 Å². The first-order chi connectivity index (χ1) is 12.4. The first-order valence-electron chi connectivity index (χ1n) is 9.04. The summed E-state index contributed by atoms with van der Waals surface area (Å²) in [6.45, 7) is 0.759. The number of carbonyl (C=O) groups excluding carboxylic acids is 3. The summed E-state index contributed by atoms with van der Waals surface area (Å²) in [6, 6.07) is 7.08. The van der Waals surface area contributed by atoms with E-state index < -0.39 is 5.54 Å². The highest BCUT2D eigenvalue weighted by atomic mass is 35.5. The van der Waals surface area contributed by atoms with Gasteiger partial charge in [-0.1, -0.05) is 36.6 Å². The first-order valence-corrected chi connectivity index (χ1v) is 9.42. The molecule has 140 valence electrons. The van der Waals surface area contributed by atoms with Gasteiger partial charge in [-0.3, -0.25) is 14.5 Å². The van der Waals surface area contributed by atoms with Crippen LogP contribution in [0.2, 0.25) is 5.02 Å². The van der Waals surface area contributed by atoms with E-state index in [2.05, 4.69) is 5.32 Å². The molecule has 1 saturated carbocycles. The van der Waals surface area contributed by atoms with Gasteiger partial charge in [0, 0.05) is 31.6 Å². The zero-order valence-corrected chi connectivity index (χ0v) is 15.7. The van der Waals surface area contributed by atoms with Crippen molar-refractivity contribution in [2.24, 2.45) is 0 Å². The van der Waals surface area contributed by atoms with Gasteiger partial charge >= 0.3 is 6.03 Å². The van der Waals surface area contributed by atoms with E-state index >= 15 is 0 Å². The molecule has 1 aromatic rings. The summed E-state index contributed by atoms with van der Waals surface area (Å²) in [5.41, 5.74) is 0.287. The minimum atomic E-state index is -0.676. The maximum Gasteiger partial charge on any atom is 0.325 e. The summed E-state index contributed by atoms with van der Waals surface area (Å²) in [7, 11) is 1.74. The number of hydrogen-bond donors (Lipinski definition) is 1. The Labute approximate surface area is 158 Å². The second kappa shape index (κ2) is 7.66. The Balaban J connectivity index is 1.47. The number of nitrogens with one attached hydrogen (secondary N) is 1. The highest BCUT2D eigenvalue weighted by molar-refractivity contribution is 6.30. The van der Waals surface area contributed by atoms with E-state index in [1.54, 1.807) is 18.0 Å². The molecule has 0 radical (unpaired) electrons. The lowest BCUT2D eigenvalue weighted by Crippen LogP contribution is -2.44. The lowest BCUT2D eigenvalue weighted by Gasteiger charge is -2.20. The zero-order chi connectivity index (χ0) is 18.7. The van der Waals surface area contributed by atoms with Crippen molar-refractivity contribution in [1.82, 2.24) is 15.1 Å². The molecule has 2 fully saturated rings. The minimum absolute atomic E-state index is 0.0207.